The van der Waals surface area contributed by atoms with Crippen molar-refractivity contribution in [2.75, 3.05) is 0 Å². The van der Waals surface area contributed by atoms with Crippen LogP contribution in [0.15, 0.2) is 67.3 Å². The Bertz CT molecular complexity index is 1270. The third-order valence-electron chi connectivity index (χ3n) is 4.28. The number of nitriles is 1. The molecule has 0 aliphatic carbocycles. The largest absolute Gasteiger partial charge is 0.299 e. The summed E-state index contributed by atoms with van der Waals surface area (Å²) in [5.41, 5.74) is 4.54. The van der Waals surface area contributed by atoms with Crippen LogP contribution in [0.1, 0.15) is 5.56 Å². The Morgan fingerprint density at radius 1 is 0.958 bits per heavy atom. The van der Waals surface area contributed by atoms with Crippen LogP contribution in [0.3, 0.4) is 0 Å². The van der Waals surface area contributed by atoms with Gasteiger partial charge in [-0.25, -0.2) is 9.97 Å². The molecular weight excluding hydrogens is 298 g/mol. The van der Waals surface area contributed by atoms with Gasteiger partial charge in [0.25, 0.3) is 0 Å². The van der Waals surface area contributed by atoms with E-state index in [0.29, 0.717) is 5.56 Å². The van der Waals surface area contributed by atoms with Gasteiger partial charge < -0.3 is 0 Å². The summed E-state index contributed by atoms with van der Waals surface area (Å²) >= 11 is 0. The maximum Gasteiger partial charge on any atom is 0.163 e. The number of rotatable bonds is 1. The molecule has 0 atom stereocenters. The van der Waals surface area contributed by atoms with Crippen LogP contribution in [-0.4, -0.2) is 18.9 Å². The monoisotopic (exact) mass is 309 g/mol. The molecule has 0 amide bonds. The fourth-order valence-corrected chi connectivity index (χ4v) is 3.16. The van der Waals surface area contributed by atoms with Gasteiger partial charge in [-0.1, -0.05) is 12.1 Å². The first kappa shape index (κ1) is 12.9. The quantitative estimate of drug-likeness (QED) is 0.474. The summed E-state index contributed by atoms with van der Waals surface area (Å²) in [7, 11) is 0. The summed E-state index contributed by atoms with van der Waals surface area (Å²) in [4.78, 5) is 9.14. The Labute approximate surface area is 137 Å². The zero-order chi connectivity index (χ0) is 16.1. The summed E-state index contributed by atoms with van der Waals surface area (Å²) in [6.07, 6.45) is 5.61. The van der Waals surface area contributed by atoms with Crippen LogP contribution in [0.4, 0.5) is 0 Å². The van der Waals surface area contributed by atoms with Crippen LogP contribution < -0.4 is 0 Å². The van der Waals surface area contributed by atoms with Gasteiger partial charge in [-0.2, -0.15) is 5.26 Å². The Morgan fingerprint density at radius 2 is 1.88 bits per heavy atom. The van der Waals surface area contributed by atoms with Crippen molar-refractivity contribution in [3.8, 4) is 11.9 Å². The molecule has 24 heavy (non-hydrogen) atoms. The Balaban J connectivity index is 1.88. The number of fused-ring (bicyclic) bond motifs is 4. The van der Waals surface area contributed by atoms with E-state index in [1.165, 1.54) is 0 Å². The minimum absolute atomic E-state index is 0.654. The molecule has 0 spiro atoms. The molecule has 3 heterocycles. The smallest absolute Gasteiger partial charge is 0.163 e. The Morgan fingerprint density at radius 3 is 2.79 bits per heavy atom. The average molecular weight is 309 g/mol. The fourth-order valence-electron chi connectivity index (χ4n) is 3.16. The third kappa shape index (κ3) is 1.68. The zero-order valence-electron chi connectivity index (χ0n) is 12.6. The van der Waals surface area contributed by atoms with Crippen molar-refractivity contribution < 1.29 is 0 Å². The zero-order valence-corrected chi connectivity index (χ0v) is 12.6. The lowest BCUT2D eigenvalue weighted by Gasteiger charge is -2.10. The van der Waals surface area contributed by atoms with E-state index in [-0.39, 0.29) is 0 Å². The molecule has 0 unspecified atom stereocenters. The molecule has 0 saturated heterocycles. The van der Waals surface area contributed by atoms with Crippen LogP contribution in [0.25, 0.3) is 33.3 Å². The molecule has 3 aromatic heterocycles. The maximum absolute atomic E-state index is 9.07. The predicted molar refractivity (Wildman–Crippen MR) is 92.0 cm³/mol. The molecule has 0 aliphatic rings. The van der Waals surface area contributed by atoms with Gasteiger partial charge in [0.1, 0.15) is 5.52 Å². The standard InChI is InChI=1S/C19H11N5/c20-10-13-5-6-16-14(9-13)7-8-23(16)19-18-11-21-12-24(18)17-4-2-1-3-15(17)22-19/h1-9,11-12H. The second kappa shape index (κ2) is 4.67. The molecule has 0 fully saturated rings. The van der Waals surface area contributed by atoms with E-state index in [2.05, 4.69) is 11.1 Å². The van der Waals surface area contributed by atoms with Crippen molar-refractivity contribution in [3.63, 3.8) is 0 Å². The highest BCUT2D eigenvalue weighted by Crippen LogP contribution is 2.25. The molecule has 0 saturated carbocycles. The molecule has 0 aliphatic heterocycles. The second-order valence-electron chi connectivity index (χ2n) is 5.64. The van der Waals surface area contributed by atoms with Crippen LogP contribution in [0.5, 0.6) is 0 Å². The van der Waals surface area contributed by atoms with E-state index >= 15 is 0 Å². The van der Waals surface area contributed by atoms with Gasteiger partial charge >= 0.3 is 0 Å². The van der Waals surface area contributed by atoms with Gasteiger partial charge in [0, 0.05) is 11.6 Å². The highest BCUT2D eigenvalue weighted by atomic mass is 15.1. The SMILES string of the molecule is N#Cc1ccc2c(ccn2-c2nc3ccccc3n3cncc23)c1. The van der Waals surface area contributed by atoms with Gasteiger partial charge in [-0.05, 0) is 36.4 Å². The van der Waals surface area contributed by atoms with Crippen LogP contribution in [-0.2, 0) is 0 Å². The Kier molecular flexibility index (Phi) is 2.50. The highest BCUT2D eigenvalue weighted by molar-refractivity contribution is 5.87. The summed E-state index contributed by atoms with van der Waals surface area (Å²) < 4.78 is 4.09. The van der Waals surface area contributed by atoms with Gasteiger partial charge in [0.15, 0.2) is 5.82 Å². The molecule has 2 aromatic carbocycles. The van der Waals surface area contributed by atoms with Gasteiger partial charge in [0.05, 0.1) is 40.7 Å². The van der Waals surface area contributed by atoms with Gasteiger partial charge in [0.2, 0.25) is 0 Å². The number of aromatic nitrogens is 4. The number of hydrogen-bond donors (Lipinski definition) is 0. The molecule has 5 aromatic rings. The summed E-state index contributed by atoms with van der Waals surface area (Å²) in [5.74, 6) is 0.825. The van der Waals surface area contributed by atoms with Gasteiger partial charge in [-0.15, -0.1) is 0 Å². The summed E-state index contributed by atoms with van der Waals surface area (Å²) in [5, 5.41) is 10.1. The molecule has 5 rings (SSSR count). The minimum atomic E-state index is 0.654. The van der Waals surface area contributed by atoms with E-state index in [0.717, 1.165) is 33.3 Å². The average Bonchev–Trinajstić information content (AvgIpc) is 3.27. The maximum atomic E-state index is 9.07. The minimum Gasteiger partial charge on any atom is -0.299 e. The molecule has 0 bridgehead atoms. The fraction of sp³-hybridized carbons (Fsp3) is 0. The highest BCUT2D eigenvalue weighted by Gasteiger charge is 2.12. The first-order chi connectivity index (χ1) is 11.8. The molecule has 5 heteroatoms. The summed E-state index contributed by atoms with van der Waals surface area (Å²) in [6.45, 7) is 0. The van der Waals surface area contributed by atoms with Gasteiger partial charge in [-0.3, -0.25) is 8.97 Å². The van der Waals surface area contributed by atoms with E-state index in [4.69, 9.17) is 10.2 Å². The van der Waals surface area contributed by atoms with Crippen LogP contribution in [0.2, 0.25) is 0 Å². The Hall–Kier alpha value is -3.65. The van der Waals surface area contributed by atoms with E-state index in [1.54, 1.807) is 0 Å². The topological polar surface area (TPSA) is 58.9 Å². The molecular formula is C19H11N5. The number of imidazole rings is 1. The van der Waals surface area contributed by atoms with E-state index in [1.807, 2.05) is 76.2 Å². The van der Waals surface area contributed by atoms with Crippen molar-refractivity contribution in [2.45, 2.75) is 0 Å². The third-order valence-corrected chi connectivity index (χ3v) is 4.28. The number of para-hydroxylation sites is 2. The second-order valence-corrected chi connectivity index (χ2v) is 5.64. The summed E-state index contributed by atoms with van der Waals surface area (Å²) in [6, 6.07) is 17.9. The molecule has 0 radical (unpaired) electrons. The lowest BCUT2D eigenvalue weighted by atomic mass is 10.2. The van der Waals surface area contributed by atoms with Crippen molar-refractivity contribution in [1.82, 2.24) is 18.9 Å². The van der Waals surface area contributed by atoms with Crippen LogP contribution >= 0.6 is 0 Å². The molecule has 5 nitrogen and oxygen atoms in total. The van der Waals surface area contributed by atoms with Crippen molar-refractivity contribution in [1.29, 1.82) is 5.26 Å². The van der Waals surface area contributed by atoms with Crippen LogP contribution in [0, 0.1) is 11.3 Å². The molecule has 112 valence electrons. The first-order valence-corrected chi connectivity index (χ1v) is 7.57. The number of nitrogens with zero attached hydrogens (tertiary/aromatic N) is 5. The first-order valence-electron chi connectivity index (χ1n) is 7.57. The van der Waals surface area contributed by atoms with Crippen molar-refractivity contribution in [2.24, 2.45) is 0 Å². The van der Waals surface area contributed by atoms with E-state index in [9.17, 15) is 0 Å². The number of benzene rings is 2. The van der Waals surface area contributed by atoms with Crippen molar-refractivity contribution in [3.05, 3.63) is 72.8 Å². The molecule has 0 N–H and O–H groups in total. The normalized spacial score (nSPS) is 11.3. The lowest BCUT2D eigenvalue weighted by Crippen LogP contribution is -2.01. The lowest BCUT2D eigenvalue weighted by molar-refractivity contribution is 1.05. The predicted octanol–water partition coefficient (Wildman–Crippen LogP) is 3.70. The van der Waals surface area contributed by atoms with Crippen molar-refractivity contribution >= 4 is 27.5 Å². The van der Waals surface area contributed by atoms with E-state index < -0.39 is 0 Å². The number of hydrogen-bond acceptors (Lipinski definition) is 3.